The maximum Gasteiger partial charge on any atom is 0.0950 e. The molecule has 0 bridgehead atoms. The van der Waals surface area contributed by atoms with E-state index in [1.807, 2.05) is 19.9 Å². The van der Waals surface area contributed by atoms with Crippen molar-refractivity contribution >= 4 is 22.3 Å². The maximum absolute atomic E-state index is 7.95. The Labute approximate surface area is 124 Å². The van der Waals surface area contributed by atoms with Crippen LogP contribution in [0.3, 0.4) is 0 Å². The van der Waals surface area contributed by atoms with Crippen LogP contribution >= 0.6 is 10.7 Å². The number of piperazine rings is 1. The highest BCUT2D eigenvalue weighted by Crippen LogP contribution is 2.16. The van der Waals surface area contributed by atoms with Gasteiger partial charge in [0.15, 0.2) is 0 Å². The van der Waals surface area contributed by atoms with Gasteiger partial charge in [0, 0.05) is 44.0 Å². The van der Waals surface area contributed by atoms with E-state index < -0.39 is 0 Å². The Balaban J connectivity index is 2.53. The predicted molar refractivity (Wildman–Crippen MR) is 91.0 cm³/mol. The van der Waals surface area contributed by atoms with Crippen molar-refractivity contribution in [1.82, 2.24) is 9.21 Å². The lowest BCUT2D eigenvalue weighted by molar-refractivity contribution is 0.238. The Morgan fingerprint density at radius 2 is 1.80 bits per heavy atom. The lowest BCUT2D eigenvalue weighted by atomic mass is 10.1. The maximum atomic E-state index is 7.95. The number of nitrogens with one attached hydrogen (secondary N) is 1. The zero-order valence-electron chi connectivity index (χ0n) is 12.8. The molecule has 0 saturated carbocycles. The third-order valence-corrected chi connectivity index (χ3v) is 4.85. The summed E-state index contributed by atoms with van der Waals surface area (Å²) in [6, 6.07) is 0. The van der Waals surface area contributed by atoms with Gasteiger partial charge in [0.2, 0.25) is 0 Å². The van der Waals surface area contributed by atoms with Crippen molar-refractivity contribution in [3.63, 3.8) is 0 Å². The van der Waals surface area contributed by atoms with Crippen molar-refractivity contribution in [1.29, 1.82) is 5.41 Å². The average Bonchev–Trinajstić information content (AvgIpc) is 2.43. The van der Waals surface area contributed by atoms with Crippen LogP contribution in [-0.4, -0.2) is 53.2 Å². The second-order valence-corrected chi connectivity index (χ2v) is 6.85. The minimum atomic E-state index is 0.0896. The van der Waals surface area contributed by atoms with Gasteiger partial charge in [0.25, 0.3) is 0 Å². The van der Waals surface area contributed by atoms with Crippen LogP contribution in [0.1, 0.15) is 20.3 Å². The first-order valence-corrected chi connectivity index (χ1v) is 8.50. The van der Waals surface area contributed by atoms with E-state index >= 15 is 0 Å². The van der Waals surface area contributed by atoms with E-state index in [0.29, 0.717) is 17.8 Å². The van der Waals surface area contributed by atoms with Gasteiger partial charge in [-0.25, -0.2) is 0 Å². The summed E-state index contributed by atoms with van der Waals surface area (Å²) in [5, 5.41) is 7.95. The first-order valence-electron chi connectivity index (χ1n) is 6.75. The number of allylic oxidation sites excluding steroid dienone is 3. The molecule has 1 unspecified atom stereocenters. The Hall–Kier alpha value is -1.27. The molecule has 1 heterocycles. The van der Waals surface area contributed by atoms with Gasteiger partial charge in [0.05, 0.1) is 5.82 Å². The molecular weight excluding hydrogens is 270 g/mol. The van der Waals surface area contributed by atoms with Crippen molar-refractivity contribution in [2.45, 2.75) is 20.3 Å². The van der Waals surface area contributed by atoms with Crippen LogP contribution in [0.25, 0.3) is 0 Å². The fourth-order valence-corrected chi connectivity index (χ4v) is 2.77. The number of hydrogen-bond acceptors (Lipinski definition) is 5. The highest BCUT2D eigenvalue weighted by molar-refractivity contribution is 8.11. The molecular formula is C14H27N5S. The molecule has 20 heavy (non-hydrogen) atoms. The Morgan fingerprint density at radius 3 is 2.25 bits per heavy atom. The molecule has 6 heteroatoms. The molecule has 0 aromatic carbocycles. The normalized spacial score (nSPS) is 20.6. The number of nitrogens with zero attached hydrogens (tertiary/aromatic N) is 2. The summed E-state index contributed by atoms with van der Waals surface area (Å²) in [5.41, 5.74) is 13.9. The molecule has 114 valence electrons. The van der Waals surface area contributed by atoms with E-state index in [2.05, 4.69) is 21.3 Å². The SMILES string of the molecule is C=S(C)N1CCN(/C(N)=C/CC(=N)/C(C)=C(/C)N)CC1. The van der Waals surface area contributed by atoms with E-state index in [-0.39, 0.29) is 10.7 Å². The molecule has 0 aromatic heterocycles. The van der Waals surface area contributed by atoms with Crippen LogP contribution in [0, 0.1) is 5.41 Å². The van der Waals surface area contributed by atoms with Gasteiger partial charge in [-0.05, 0) is 31.8 Å². The molecule has 5 N–H and O–H groups in total. The van der Waals surface area contributed by atoms with E-state index in [0.717, 1.165) is 37.6 Å². The van der Waals surface area contributed by atoms with Gasteiger partial charge in [-0.2, -0.15) is 0 Å². The minimum absolute atomic E-state index is 0.0896. The van der Waals surface area contributed by atoms with Gasteiger partial charge in [-0.15, -0.1) is 10.7 Å². The van der Waals surface area contributed by atoms with E-state index in [4.69, 9.17) is 16.9 Å². The third kappa shape index (κ3) is 4.68. The average molecular weight is 297 g/mol. The fourth-order valence-electron chi connectivity index (χ4n) is 1.98. The monoisotopic (exact) mass is 297 g/mol. The molecule has 1 atom stereocenters. The predicted octanol–water partition coefficient (Wildman–Crippen LogP) is 1.31. The van der Waals surface area contributed by atoms with Crippen molar-refractivity contribution < 1.29 is 0 Å². The van der Waals surface area contributed by atoms with Crippen molar-refractivity contribution in [3.8, 4) is 0 Å². The van der Waals surface area contributed by atoms with E-state index in [1.165, 1.54) is 0 Å². The molecule has 5 nitrogen and oxygen atoms in total. The number of hydrogen-bond donors (Lipinski definition) is 3. The smallest absolute Gasteiger partial charge is 0.0950 e. The summed E-state index contributed by atoms with van der Waals surface area (Å²) in [4.78, 5) is 2.17. The molecule has 0 amide bonds. The van der Waals surface area contributed by atoms with Gasteiger partial charge in [-0.3, -0.25) is 4.31 Å². The third-order valence-electron chi connectivity index (χ3n) is 3.60. The summed E-state index contributed by atoms with van der Waals surface area (Å²) in [7, 11) is 0.0896. The van der Waals surface area contributed by atoms with Gasteiger partial charge in [-0.1, -0.05) is 5.87 Å². The molecule has 0 aromatic rings. The minimum Gasteiger partial charge on any atom is -0.402 e. The van der Waals surface area contributed by atoms with Crippen LogP contribution in [-0.2, 0) is 0 Å². The van der Waals surface area contributed by atoms with E-state index in [1.54, 1.807) is 0 Å². The highest BCUT2D eigenvalue weighted by atomic mass is 32.2. The Morgan fingerprint density at radius 1 is 1.25 bits per heavy atom. The lowest BCUT2D eigenvalue weighted by Gasteiger charge is -2.36. The van der Waals surface area contributed by atoms with Crippen LogP contribution in [0.4, 0.5) is 0 Å². The van der Waals surface area contributed by atoms with Gasteiger partial charge in [0.1, 0.15) is 0 Å². The summed E-state index contributed by atoms with van der Waals surface area (Å²) in [6.07, 6.45) is 4.58. The van der Waals surface area contributed by atoms with Crippen LogP contribution < -0.4 is 11.5 Å². The first-order chi connectivity index (χ1) is 9.32. The largest absolute Gasteiger partial charge is 0.402 e. The summed E-state index contributed by atoms with van der Waals surface area (Å²) in [6.45, 7) is 7.53. The summed E-state index contributed by atoms with van der Waals surface area (Å²) >= 11 is 0. The fraction of sp³-hybridized carbons (Fsp3) is 0.571. The second kappa shape index (κ2) is 7.50. The van der Waals surface area contributed by atoms with Crippen LogP contribution in [0.15, 0.2) is 23.2 Å². The Bertz CT molecular complexity index is 440. The van der Waals surface area contributed by atoms with Crippen molar-refractivity contribution in [2.75, 3.05) is 32.4 Å². The van der Waals surface area contributed by atoms with Crippen molar-refractivity contribution in [2.24, 2.45) is 11.5 Å². The molecule has 1 rings (SSSR count). The van der Waals surface area contributed by atoms with Crippen molar-refractivity contribution in [3.05, 3.63) is 23.2 Å². The second-order valence-electron chi connectivity index (χ2n) is 5.14. The Kier molecular flexibility index (Phi) is 6.29. The van der Waals surface area contributed by atoms with Gasteiger partial charge < -0.3 is 21.8 Å². The number of nitrogens with two attached hydrogens (primary N) is 2. The molecule has 0 aliphatic carbocycles. The van der Waals surface area contributed by atoms with E-state index in [9.17, 15) is 0 Å². The van der Waals surface area contributed by atoms with Crippen LogP contribution in [0.2, 0.25) is 0 Å². The molecule has 0 radical (unpaired) electrons. The molecule has 0 spiro atoms. The first kappa shape index (κ1) is 16.8. The quantitative estimate of drug-likeness (QED) is 0.528. The molecule has 1 aliphatic heterocycles. The highest BCUT2D eigenvalue weighted by Gasteiger charge is 2.17. The molecule has 1 saturated heterocycles. The lowest BCUT2D eigenvalue weighted by Crippen LogP contribution is -2.44. The zero-order chi connectivity index (χ0) is 15.3. The standard InChI is InChI=1S/C14H27N5S/c1-11(12(2)15)13(16)5-6-14(17)18-7-9-19(10-8-18)20(3)4/h6,16H,3,5,7-10,15,17H2,1-2,4H3/b12-11-,14-6+,16-13?. The van der Waals surface area contributed by atoms with Gasteiger partial charge >= 0.3 is 0 Å². The number of rotatable bonds is 5. The zero-order valence-corrected chi connectivity index (χ0v) is 13.6. The summed E-state index contributed by atoms with van der Waals surface area (Å²) in [5.74, 6) is 4.83. The molecule has 1 aliphatic rings. The summed E-state index contributed by atoms with van der Waals surface area (Å²) < 4.78 is 2.37. The topological polar surface area (TPSA) is 82.4 Å². The van der Waals surface area contributed by atoms with Crippen LogP contribution in [0.5, 0.6) is 0 Å². The molecule has 1 fully saturated rings.